The molecule has 2 aromatic heterocycles. The number of rotatable bonds is 2. The molecule has 0 fully saturated rings. The normalized spacial score (nSPS) is 11.3. The third-order valence-electron chi connectivity index (χ3n) is 3.17. The predicted octanol–water partition coefficient (Wildman–Crippen LogP) is 2.00. The number of fused-ring (bicyclic) bond motifs is 1. The zero-order valence-corrected chi connectivity index (χ0v) is 10.3. The van der Waals surface area contributed by atoms with Gasteiger partial charge in [0.2, 0.25) is 0 Å². The first kappa shape index (κ1) is 11.0. The summed E-state index contributed by atoms with van der Waals surface area (Å²) >= 11 is 0. The number of nitrogens with zero attached hydrogens (tertiary/aromatic N) is 3. The van der Waals surface area contributed by atoms with E-state index in [1.165, 1.54) is 10.9 Å². The van der Waals surface area contributed by atoms with Crippen LogP contribution in [0.15, 0.2) is 28.8 Å². The van der Waals surface area contributed by atoms with Crippen LogP contribution in [0.5, 0.6) is 0 Å². The highest BCUT2D eigenvalue weighted by Gasteiger charge is 2.14. The van der Waals surface area contributed by atoms with Gasteiger partial charge in [0.05, 0.1) is 6.54 Å². The maximum Gasteiger partial charge on any atom is 0.274 e. The average Bonchev–Trinajstić information content (AvgIpc) is 2.96. The molecule has 92 valence electrons. The van der Waals surface area contributed by atoms with E-state index in [-0.39, 0.29) is 6.54 Å². The molecule has 0 radical (unpaired) electrons. The molecular formula is C13H14N4O. The predicted molar refractivity (Wildman–Crippen MR) is 68.8 cm³/mol. The highest BCUT2D eigenvalue weighted by molar-refractivity contribution is 5.88. The molecule has 2 N–H and O–H groups in total. The van der Waals surface area contributed by atoms with Crippen LogP contribution in [0.4, 0.5) is 0 Å². The molecule has 0 aliphatic heterocycles. The summed E-state index contributed by atoms with van der Waals surface area (Å²) in [6.45, 7) is 2.37. The minimum absolute atomic E-state index is 0.284. The Morgan fingerprint density at radius 2 is 2.22 bits per heavy atom. The maximum atomic E-state index is 5.49. The van der Waals surface area contributed by atoms with Gasteiger partial charge >= 0.3 is 0 Å². The van der Waals surface area contributed by atoms with E-state index in [0.29, 0.717) is 11.7 Å². The SMILES string of the molecule is Cc1cccc2c1cc(-c1nc(CN)no1)n2C. The number of aromatic nitrogens is 3. The van der Waals surface area contributed by atoms with Crippen molar-refractivity contribution in [2.45, 2.75) is 13.5 Å². The summed E-state index contributed by atoms with van der Waals surface area (Å²) in [5.41, 5.74) is 8.78. The molecule has 5 nitrogen and oxygen atoms in total. The van der Waals surface area contributed by atoms with Crippen molar-refractivity contribution in [3.63, 3.8) is 0 Å². The fraction of sp³-hybridized carbons (Fsp3) is 0.231. The quantitative estimate of drug-likeness (QED) is 0.746. The first-order chi connectivity index (χ1) is 8.70. The van der Waals surface area contributed by atoms with E-state index in [1.54, 1.807) is 0 Å². The fourth-order valence-electron chi connectivity index (χ4n) is 2.15. The van der Waals surface area contributed by atoms with Crippen molar-refractivity contribution >= 4 is 10.9 Å². The van der Waals surface area contributed by atoms with Gasteiger partial charge in [-0.2, -0.15) is 4.98 Å². The van der Waals surface area contributed by atoms with Crippen molar-refractivity contribution in [2.75, 3.05) is 0 Å². The van der Waals surface area contributed by atoms with Crippen molar-refractivity contribution < 1.29 is 4.52 Å². The minimum Gasteiger partial charge on any atom is -0.340 e. The molecule has 0 aliphatic carbocycles. The first-order valence-corrected chi connectivity index (χ1v) is 5.79. The van der Waals surface area contributed by atoms with Crippen molar-refractivity contribution in [1.29, 1.82) is 0 Å². The van der Waals surface area contributed by atoms with E-state index >= 15 is 0 Å². The van der Waals surface area contributed by atoms with Crippen LogP contribution in [0, 0.1) is 6.92 Å². The van der Waals surface area contributed by atoms with Crippen LogP contribution >= 0.6 is 0 Å². The number of hydrogen-bond acceptors (Lipinski definition) is 4. The molecule has 0 unspecified atom stereocenters. The molecule has 18 heavy (non-hydrogen) atoms. The topological polar surface area (TPSA) is 69.9 Å². The average molecular weight is 242 g/mol. The van der Waals surface area contributed by atoms with Crippen LogP contribution in [0.3, 0.4) is 0 Å². The Kier molecular flexibility index (Phi) is 2.41. The lowest BCUT2D eigenvalue weighted by Gasteiger charge is -1.99. The summed E-state index contributed by atoms with van der Waals surface area (Å²) in [6, 6.07) is 8.27. The van der Waals surface area contributed by atoms with Gasteiger partial charge in [-0.1, -0.05) is 17.3 Å². The number of hydrogen-bond donors (Lipinski definition) is 1. The molecule has 0 aliphatic rings. The number of nitrogens with two attached hydrogens (primary N) is 1. The minimum atomic E-state index is 0.284. The van der Waals surface area contributed by atoms with Crippen LogP contribution in [0.2, 0.25) is 0 Å². The molecule has 0 saturated carbocycles. The molecule has 0 spiro atoms. The van der Waals surface area contributed by atoms with Gasteiger partial charge in [0, 0.05) is 18.0 Å². The summed E-state index contributed by atoms with van der Waals surface area (Å²) in [7, 11) is 1.99. The zero-order chi connectivity index (χ0) is 12.7. The van der Waals surface area contributed by atoms with Gasteiger partial charge in [-0.15, -0.1) is 0 Å². The van der Waals surface area contributed by atoms with Gasteiger partial charge in [0.15, 0.2) is 5.82 Å². The molecule has 0 saturated heterocycles. The van der Waals surface area contributed by atoms with E-state index in [4.69, 9.17) is 10.3 Å². The van der Waals surface area contributed by atoms with Gasteiger partial charge in [0.25, 0.3) is 5.89 Å². The first-order valence-electron chi connectivity index (χ1n) is 5.79. The van der Waals surface area contributed by atoms with E-state index in [2.05, 4.69) is 39.8 Å². The van der Waals surface area contributed by atoms with Gasteiger partial charge in [-0.25, -0.2) is 0 Å². The maximum absolute atomic E-state index is 5.49. The molecule has 1 aromatic carbocycles. The van der Waals surface area contributed by atoms with Crippen LogP contribution in [0.25, 0.3) is 22.5 Å². The Labute approximate surface area is 104 Å². The lowest BCUT2D eigenvalue weighted by atomic mass is 10.1. The van der Waals surface area contributed by atoms with Gasteiger partial charge in [0.1, 0.15) is 5.69 Å². The van der Waals surface area contributed by atoms with Crippen molar-refractivity contribution in [1.82, 2.24) is 14.7 Å². The summed E-state index contributed by atoms with van der Waals surface area (Å²) in [5.74, 6) is 1.03. The molecule has 0 atom stereocenters. The van der Waals surface area contributed by atoms with Crippen molar-refractivity contribution in [3.8, 4) is 11.6 Å². The fourth-order valence-corrected chi connectivity index (χ4v) is 2.15. The van der Waals surface area contributed by atoms with Crippen LogP contribution < -0.4 is 5.73 Å². The third-order valence-corrected chi connectivity index (χ3v) is 3.17. The van der Waals surface area contributed by atoms with Crippen LogP contribution in [0.1, 0.15) is 11.4 Å². The zero-order valence-electron chi connectivity index (χ0n) is 10.3. The Morgan fingerprint density at radius 1 is 1.39 bits per heavy atom. The van der Waals surface area contributed by atoms with Gasteiger partial charge in [-0.3, -0.25) is 0 Å². The molecular weight excluding hydrogens is 228 g/mol. The monoisotopic (exact) mass is 242 g/mol. The molecule has 5 heteroatoms. The molecule has 3 aromatic rings. The lowest BCUT2D eigenvalue weighted by molar-refractivity contribution is 0.420. The molecule has 0 bridgehead atoms. The van der Waals surface area contributed by atoms with E-state index < -0.39 is 0 Å². The second kappa shape index (κ2) is 3.96. The summed E-state index contributed by atoms with van der Waals surface area (Å²) in [6.07, 6.45) is 0. The summed E-state index contributed by atoms with van der Waals surface area (Å²) in [5, 5.41) is 5.02. The Hall–Kier alpha value is -2.14. The smallest absolute Gasteiger partial charge is 0.274 e. The summed E-state index contributed by atoms with van der Waals surface area (Å²) in [4.78, 5) is 4.26. The molecule has 2 heterocycles. The largest absolute Gasteiger partial charge is 0.340 e. The van der Waals surface area contributed by atoms with Crippen LogP contribution in [-0.2, 0) is 13.6 Å². The Balaban J connectivity index is 2.23. The van der Waals surface area contributed by atoms with Gasteiger partial charge < -0.3 is 14.8 Å². The second-order valence-corrected chi connectivity index (χ2v) is 4.32. The van der Waals surface area contributed by atoms with Gasteiger partial charge in [-0.05, 0) is 24.6 Å². The number of aryl methyl sites for hydroxylation is 2. The highest BCUT2D eigenvalue weighted by atomic mass is 16.5. The number of benzene rings is 1. The molecule has 0 amide bonds. The van der Waals surface area contributed by atoms with E-state index in [0.717, 1.165) is 11.2 Å². The summed E-state index contributed by atoms with van der Waals surface area (Å²) < 4.78 is 7.28. The third kappa shape index (κ3) is 1.52. The standard InChI is InChI=1S/C13H14N4O/c1-8-4-3-5-10-9(8)6-11(17(10)2)13-15-12(7-14)16-18-13/h3-6H,7,14H2,1-2H3. The highest BCUT2D eigenvalue weighted by Crippen LogP contribution is 2.27. The Morgan fingerprint density at radius 3 is 2.89 bits per heavy atom. The van der Waals surface area contributed by atoms with Crippen LogP contribution in [-0.4, -0.2) is 14.7 Å². The molecule has 3 rings (SSSR count). The second-order valence-electron chi connectivity index (χ2n) is 4.32. The van der Waals surface area contributed by atoms with Crippen molar-refractivity contribution in [3.05, 3.63) is 35.7 Å². The Bertz CT molecular complexity index is 711. The lowest BCUT2D eigenvalue weighted by Crippen LogP contribution is -1.98. The van der Waals surface area contributed by atoms with E-state index in [9.17, 15) is 0 Å². The van der Waals surface area contributed by atoms with Crippen molar-refractivity contribution in [2.24, 2.45) is 12.8 Å². The van der Waals surface area contributed by atoms with E-state index in [1.807, 2.05) is 13.1 Å².